The van der Waals surface area contributed by atoms with Crippen molar-refractivity contribution in [2.75, 3.05) is 31.1 Å². The number of nitrogens with zero attached hydrogens (tertiary/aromatic N) is 4. The Balaban J connectivity index is 0.000000339. The summed E-state index contributed by atoms with van der Waals surface area (Å²) in [4.78, 5) is 24.9. The SMILES string of the molecule is Cc1ccc(CN2CCC3(CCCN(c4ncc(F)cn4)C3)C2)s1.O=C(O)C(F)(F)F. The first-order valence-corrected chi connectivity index (χ1v) is 10.7. The molecule has 2 aromatic heterocycles. The Kier molecular flexibility index (Phi) is 7.15. The van der Waals surface area contributed by atoms with Gasteiger partial charge in [-0.3, -0.25) is 4.90 Å². The number of likely N-dealkylation sites (tertiary alicyclic amines) is 1. The molecular formula is C20H24F4N4O2S. The second-order valence-corrected chi connectivity index (χ2v) is 9.37. The lowest BCUT2D eigenvalue weighted by atomic mass is 9.79. The summed E-state index contributed by atoms with van der Waals surface area (Å²) in [6, 6.07) is 4.46. The molecule has 2 aliphatic heterocycles. The van der Waals surface area contributed by atoms with E-state index in [0.717, 1.165) is 39.1 Å². The number of carboxylic acids is 1. The van der Waals surface area contributed by atoms with Crippen molar-refractivity contribution in [1.82, 2.24) is 14.9 Å². The minimum absolute atomic E-state index is 0.336. The van der Waals surface area contributed by atoms with Crippen LogP contribution in [-0.2, 0) is 11.3 Å². The quantitative estimate of drug-likeness (QED) is 0.696. The standard InChI is InChI=1S/C18H23FN4S.C2HF3O2/c1-14-3-4-16(24-14)11-22-8-6-18(12-22)5-2-7-23(13-18)17-20-9-15(19)10-21-17;3-2(4,5)1(6)7/h3-4,9-10H,2,5-8,11-13H2,1H3;(H,6,7). The maximum atomic E-state index is 13.1. The Hall–Kier alpha value is -2.27. The summed E-state index contributed by atoms with van der Waals surface area (Å²) in [6.07, 6.45) is 1.11. The van der Waals surface area contributed by atoms with Crippen molar-refractivity contribution in [1.29, 1.82) is 0 Å². The fraction of sp³-hybridized carbons (Fsp3) is 0.550. The number of hydrogen-bond acceptors (Lipinski definition) is 6. The first-order valence-electron chi connectivity index (χ1n) is 9.87. The molecule has 4 rings (SSSR count). The van der Waals surface area contributed by atoms with Crippen molar-refractivity contribution >= 4 is 23.3 Å². The molecule has 2 aromatic rings. The molecule has 2 aliphatic rings. The monoisotopic (exact) mass is 460 g/mol. The molecule has 0 amide bonds. The number of anilines is 1. The number of piperidine rings is 1. The van der Waals surface area contributed by atoms with E-state index in [1.165, 1.54) is 35.0 Å². The van der Waals surface area contributed by atoms with Crippen molar-refractivity contribution in [3.8, 4) is 0 Å². The van der Waals surface area contributed by atoms with Gasteiger partial charge in [-0.15, -0.1) is 11.3 Å². The number of aromatic nitrogens is 2. The van der Waals surface area contributed by atoms with Crippen LogP contribution >= 0.6 is 11.3 Å². The van der Waals surface area contributed by atoms with E-state index in [0.29, 0.717) is 11.4 Å². The molecule has 2 fully saturated rings. The molecule has 0 saturated carbocycles. The van der Waals surface area contributed by atoms with Gasteiger partial charge >= 0.3 is 12.1 Å². The van der Waals surface area contributed by atoms with Gasteiger partial charge in [0.1, 0.15) is 0 Å². The smallest absolute Gasteiger partial charge is 0.475 e. The predicted molar refractivity (Wildman–Crippen MR) is 109 cm³/mol. The van der Waals surface area contributed by atoms with E-state index in [4.69, 9.17) is 9.90 Å². The van der Waals surface area contributed by atoms with Crippen molar-refractivity contribution in [3.05, 3.63) is 40.1 Å². The molecule has 1 unspecified atom stereocenters. The zero-order chi connectivity index (χ0) is 22.6. The molecule has 2 saturated heterocycles. The number of hydrogen-bond donors (Lipinski definition) is 1. The molecule has 6 nitrogen and oxygen atoms in total. The van der Waals surface area contributed by atoms with Crippen molar-refractivity contribution in [3.63, 3.8) is 0 Å². The summed E-state index contributed by atoms with van der Waals surface area (Å²) >= 11 is 1.90. The van der Waals surface area contributed by atoms with Crippen LogP contribution in [-0.4, -0.2) is 58.3 Å². The minimum atomic E-state index is -5.08. The number of carboxylic acid groups (broad SMARTS) is 1. The lowest BCUT2D eigenvalue weighted by molar-refractivity contribution is -0.192. The van der Waals surface area contributed by atoms with Crippen molar-refractivity contribution < 1.29 is 27.5 Å². The minimum Gasteiger partial charge on any atom is -0.475 e. The molecule has 1 spiro atoms. The second kappa shape index (κ2) is 9.47. The van der Waals surface area contributed by atoms with Crippen LogP contribution in [0.2, 0.25) is 0 Å². The summed E-state index contributed by atoms with van der Waals surface area (Å²) in [5, 5.41) is 7.12. The van der Waals surface area contributed by atoms with E-state index in [9.17, 15) is 17.6 Å². The summed E-state index contributed by atoms with van der Waals surface area (Å²) in [5.74, 6) is -2.46. The van der Waals surface area contributed by atoms with Crippen LogP contribution in [0.3, 0.4) is 0 Å². The Bertz CT molecular complexity index is 890. The molecule has 1 N–H and O–H groups in total. The van der Waals surface area contributed by atoms with E-state index >= 15 is 0 Å². The number of carbonyl (C=O) groups is 1. The highest BCUT2D eigenvalue weighted by Gasteiger charge is 2.42. The maximum absolute atomic E-state index is 13.1. The first-order chi connectivity index (χ1) is 14.6. The van der Waals surface area contributed by atoms with Crippen LogP contribution in [0.1, 0.15) is 29.0 Å². The highest BCUT2D eigenvalue weighted by atomic mass is 32.1. The van der Waals surface area contributed by atoms with Gasteiger partial charge in [0, 0.05) is 41.3 Å². The third kappa shape index (κ3) is 6.36. The second-order valence-electron chi connectivity index (χ2n) is 8.00. The normalized spacial score (nSPS) is 21.8. The number of thiophene rings is 1. The highest BCUT2D eigenvalue weighted by Crippen LogP contribution is 2.40. The third-order valence-corrected chi connectivity index (χ3v) is 6.47. The van der Waals surface area contributed by atoms with E-state index in [-0.39, 0.29) is 5.82 Å². The van der Waals surface area contributed by atoms with Gasteiger partial charge in [0.25, 0.3) is 0 Å². The van der Waals surface area contributed by atoms with Crippen molar-refractivity contribution in [2.45, 2.75) is 38.9 Å². The molecule has 0 aliphatic carbocycles. The van der Waals surface area contributed by atoms with E-state index < -0.39 is 12.1 Å². The lowest BCUT2D eigenvalue weighted by Crippen LogP contribution is -2.45. The fourth-order valence-corrected chi connectivity index (χ4v) is 5.07. The average Bonchev–Trinajstić information content (AvgIpc) is 3.28. The summed E-state index contributed by atoms with van der Waals surface area (Å²) in [6.45, 7) is 7.49. The number of rotatable bonds is 3. The average molecular weight is 460 g/mol. The molecule has 31 heavy (non-hydrogen) atoms. The largest absolute Gasteiger partial charge is 0.490 e. The van der Waals surface area contributed by atoms with E-state index in [1.807, 2.05) is 11.3 Å². The van der Waals surface area contributed by atoms with Gasteiger partial charge in [-0.1, -0.05) is 0 Å². The predicted octanol–water partition coefficient (Wildman–Crippen LogP) is 4.11. The molecule has 0 aromatic carbocycles. The zero-order valence-corrected chi connectivity index (χ0v) is 17.8. The molecule has 4 heterocycles. The highest BCUT2D eigenvalue weighted by molar-refractivity contribution is 7.11. The molecular weight excluding hydrogens is 436 g/mol. The number of halogens is 4. The Morgan fingerprint density at radius 1 is 1.19 bits per heavy atom. The van der Waals surface area contributed by atoms with Crippen LogP contribution in [0.15, 0.2) is 24.5 Å². The molecule has 170 valence electrons. The molecule has 0 radical (unpaired) electrons. The summed E-state index contributed by atoms with van der Waals surface area (Å²) in [5.41, 5.74) is 0.336. The topological polar surface area (TPSA) is 69.6 Å². The van der Waals surface area contributed by atoms with E-state index in [1.54, 1.807) is 0 Å². The van der Waals surface area contributed by atoms with Gasteiger partial charge in [0.05, 0.1) is 12.4 Å². The van der Waals surface area contributed by atoms with E-state index in [2.05, 4.69) is 38.8 Å². The Morgan fingerprint density at radius 2 is 1.87 bits per heavy atom. The van der Waals surface area contributed by atoms with Crippen LogP contribution in [0.4, 0.5) is 23.5 Å². The van der Waals surface area contributed by atoms with Crippen molar-refractivity contribution in [2.24, 2.45) is 5.41 Å². The number of aryl methyl sites for hydroxylation is 1. The maximum Gasteiger partial charge on any atom is 0.490 e. The Morgan fingerprint density at radius 3 is 2.45 bits per heavy atom. The van der Waals surface area contributed by atoms with Gasteiger partial charge in [0.2, 0.25) is 5.95 Å². The van der Waals surface area contributed by atoms with Crippen LogP contribution in [0, 0.1) is 18.2 Å². The van der Waals surface area contributed by atoms with Crippen LogP contribution in [0.5, 0.6) is 0 Å². The molecule has 11 heteroatoms. The zero-order valence-electron chi connectivity index (χ0n) is 17.0. The lowest BCUT2D eigenvalue weighted by Gasteiger charge is -2.40. The van der Waals surface area contributed by atoms with Gasteiger partial charge in [-0.25, -0.2) is 19.2 Å². The van der Waals surface area contributed by atoms with Gasteiger partial charge in [-0.05, 0) is 44.9 Å². The fourth-order valence-electron chi connectivity index (χ4n) is 4.13. The summed E-state index contributed by atoms with van der Waals surface area (Å²) < 4.78 is 44.8. The first kappa shape index (κ1) is 23.4. The Labute approximate surface area is 181 Å². The van der Waals surface area contributed by atoms with Gasteiger partial charge < -0.3 is 10.0 Å². The van der Waals surface area contributed by atoms with Crippen LogP contribution < -0.4 is 4.90 Å². The third-order valence-electron chi connectivity index (χ3n) is 5.49. The molecule has 0 bridgehead atoms. The van der Waals surface area contributed by atoms with Crippen LogP contribution in [0.25, 0.3) is 0 Å². The summed E-state index contributed by atoms with van der Waals surface area (Å²) in [7, 11) is 0. The van der Waals surface area contributed by atoms with Gasteiger partial charge in [-0.2, -0.15) is 13.2 Å². The van der Waals surface area contributed by atoms with Gasteiger partial charge in [0.15, 0.2) is 5.82 Å². The number of aliphatic carboxylic acids is 1. The molecule has 1 atom stereocenters. The number of alkyl halides is 3.